The Kier molecular flexibility index (Phi) is 6.09. The second-order valence-corrected chi connectivity index (χ2v) is 7.49. The molecule has 2 heteroatoms. The van der Waals surface area contributed by atoms with Crippen molar-refractivity contribution in [3.8, 4) is 0 Å². The minimum absolute atomic E-state index is 0.0324. The van der Waals surface area contributed by atoms with E-state index in [2.05, 4.69) is 41.5 Å². The maximum atomic E-state index is 12.9. The average Bonchev–Trinajstić information content (AvgIpc) is 2.39. The summed E-state index contributed by atoms with van der Waals surface area (Å²) < 4.78 is 6.18. The van der Waals surface area contributed by atoms with Crippen LogP contribution >= 0.6 is 0 Å². The summed E-state index contributed by atoms with van der Waals surface area (Å²) in [6.07, 6.45) is 7.68. The minimum Gasteiger partial charge on any atom is -0.458 e. The molecule has 0 aromatic rings. The van der Waals surface area contributed by atoms with E-state index in [1.54, 1.807) is 0 Å². The first-order valence-corrected chi connectivity index (χ1v) is 8.52. The van der Waals surface area contributed by atoms with E-state index < -0.39 is 0 Å². The van der Waals surface area contributed by atoms with Gasteiger partial charge in [-0.2, -0.15) is 0 Å². The van der Waals surface area contributed by atoms with Crippen molar-refractivity contribution in [1.29, 1.82) is 0 Å². The first kappa shape index (κ1) is 17.5. The van der Waals surface area contributed by atoms with Gasteiger partial charge in [0, 0.05) is 0 Å². The number of hydrogen-bond donors (Lipinski definition) is 0. The van der Waals surface area contributed by atoms with Crippen LogP contribution in [0.2, 0.25) is 0 Å². The summed E-state index contributed by atoms with van der Waals surface area (Å²) in [6, 6.07) is 0. The third kappa shape index (κ3) is 3.56. The van der Waals surface area contributed by atoms with Crippen molar-refractivity contribution in [2.45, 2.75) is 92.1 Å². The van der Waals surface area contributed by atoms with E-state index in [0.717, 1.165) is 25.7 Å². The van der Waals surface area contributed by atoms with Crippen molar-refractivity contribution in [3.63, 3.8) is 0 Å². The highest BCUT2D eigenvalue weighted by atomic mass is 16.6. The van der Waals surface area contributed by atoms with E-state index in [9.17, 15) is 4.79 Å². The van der Waals surface area contributed by atoms with Crippen LogP contribution in [-0.2, 0) is 9.53 Å². The zero-order valence-corrected chi connectivity index (χ0v) is 14.4. The van der Waals surface area contributed by atoms with Gasteiger partial charge in [-0.1, -0.05) is 47.5 Å². The Balaban J connectivity index is 2.89. The third-order valence-electron chi connectivity index (χ3n) is 5.56. The van der Waals surface area contributed by atoms with E-state index in [1.165, 1.54) is 19.3 Å². The molecule has 1 atom stereocenters. The molecule has 0 amide bonds. The van der Waals surface area contributed by atoms with Gasteiger partial charge in [-0.15, -0.1) is 0 Å². The Morgan fingerprint density at radius 1 is 1.15 bits per heavy atom. The van der Waals surface area contributed by atoms with E-state index in [-0.39, 0.29) is 17.0 Å². The molecule has 1 aliphatic carbocycles. The Hall–Kier alpha value is -0.530. The van der Waals surface area contributed by atoms with Gasteiger partial charge in [-0.05, 0) is 50.9 Å². The van der Waals surface area contributed by atoms with Crippen LogP contribution in [0.4, 0.5) is 0 Å². The SMILES string of the molecule is CCCC(C)(C(=O)OC1(C(C)C)CCCCC1)C(C)C. The average molecular weight is 282 g/mol. The molecule has 0 radical (unpaired) electrons. The van der Waals surface area contributed by atoms with Gasteiger partial charge >= 0.3 is 5.97 Å². The van der Waals surface area contributed by atoms with Crippen LogP contribution in [0.3, 0.4) is 0 Å². The zero-order valence-electron chi connectivity index (χ0n) is 14.4. The van der Waals surface area contributed by atoms with Crippen LogP contribution < -0.4 is 0 Å². The standard InChI is InChI=1S/C18H34O2/c1-7-11-17(6,14(2)3)16(19)20-18(15(4)5)12-9-8-10-13-18/h14-15H,7-13H2,1-6H3. The van der Waals surface area contributed by atoms with Crippen LogP contribution in [0.15, 0.2) is 0 Å². The van der Waals surface area contributed by atoms with Gasteiger partial charge in [0.15, 0.2) is 0 Å². The Labute approximate surface area is 125 Å². The summed E-state index contributed by atoms with van der Waals surface area (Å²) in [5, 5.41) is 0. The molecular formula is C18H34O2. The van der Waals surface area contributed by atoms with Crippen molar-refractivity contribution < 1.29 is 9.53 Å². The van der Waals surface area contributed by atoms with E-state index in [1.807, 2.05) is 0 Å². The Bertz CT molecular complexity index is 313. The van der Waals surface area contributed by atoms with Crippen molar-refractivity contribution in [2.24, 2.45) is 17.3 Å². The Morgan fingerprint density at radius 2 is 1.70 bits per heavy atom. The molecule has 0 saturated heterocycles. The summed E-state index contributed by atoms with van der Waals surface area (Å²) in [4.78, 5) is 12.9. The quantitative estimate of drug-likeness (QED) is 0.614. The van der Waals surface area contributed by atoms with E-state index in [0.29, 0.717) is 11.8 Å². The lowest BCUT2D eigenvalue weighted by atomic mass is 9.74. The molecule has 0 aliphatic heterocycles. The zero-order chi connectivity index (χ0) is 15.4. The molecule has 0 aromatic heterocycles. The molecule has 0 spiro atoms. The number of ether oxygens (including phenoxy) is 1. The summed E-state index contributed by atoms with van der Waals surface area (Å²) in [7, 11) is 0. The number of esters is 1. The molecular weight excluding hydrogens is 248 g/mol. The highest BCUT2D eigenvalue weighted by Gasteiger charge is 2.44. The fraction of sp³-hybridized carbons (Fsp3) is 0.944. The first-order valence-electron chi connectivity index (χ1n) is 8.52. The molecule has 1 aliphatic rings. The molecule has 0 aromatic carbocycles. The van der Waals surface area contributed by atoms with Gasteiger partial charge < -0.3 is 4.74 Å². The lowest BCUT2D eigenvalue weighted by Gasteiger charge is -2.43. The smallest absolute Gasteiger partial charge is 0.312 e. The highest BCUT2D eigenvalue weighted by Crippen LogP contribution is 2.42. The minimum atomic E-state index is -0.339. The summed E-state index contributed by atoms with van der Waals surface area (Å²) in [5.74, 6) is 0.762. The fourth-order valence-electron chi connectivity index (χ4n) is 3.39. The fourth-order valence-corrected chi connectivity index (χ4v) is 3.39. The van der Waals surface area contributed by atoms with Crippen LogP contribution in [0.5, 0.6) is 0 Å². The largest absolute Gasteiger partial charge is 0.458 e. The van der Waals surface area contributed by atoms with Gasteiger partial charge in [0.2, 0.25) is 0 Å². The monoisotopic (exact) mass is 282 g/mol. The summed E-state index contributed by atoms with van der Waals surface area (Å²) in [6.45, 7) is 12.9. The highest BCUT2D eigenvalue weighted by molar-refractivity contribution is 5.77. The Morgan fingerprint density at radius 3 is 2.10 bits per heavy atom. The van der Waals surface area contributed by atoms with Gasteiger partial charge in [0.1, 0.15) is 5.60 Å². The van der Waals surface area contributed by atoms with Crippen LogP contribution in [0, 0.1) is 17.3 Å². The van der Waals surface area contributed by atoms with Crippen LogP contribution in [0.25, 0.3) is 0 Å². The molecule has 118 valence electrons. The van der Waals surface area contributed by atoms with Gasteiger partial charge in [0.05, 0.1) is 5.41 Å². The predicted octanol–water partition coefficient (Wildman–Crippen LogP) is 5.35. The van der Waals surface area contributed by atoms with Gasteiger partial charge in [0.25, 0.3) is 0 Å². The second-order valence-electron chi connectivity index (χ2n) is 7.49. The molecule has 1 rings (SSSR count). The number of hydrogen-bond acceptors (Lipinski definition) is 2. The predicted molar refractivity (Wildman–Crippen MR) is 84.6 cm³/mol. The molecule has 1 saturated carbocycles. The maximum absolute atomic E-state index is 12.9. The van der Waals surface area contributed by atoms with E-state index >= 15 is 0 Å². The van der Waals surface area contributed by atoms with Crippen molar-refractivity contribution in [3.05, 3.63) is 0 Å². The maximum Gasteiger partial charge on any atom is 0.312 e. The topological polar surface area (TPSA) is 26.3 Å². The molecule has 2 nitrogen and oxygen atoms in total. The van der Waals surface area contributed by atoms with Crippen molar-refractivity contribution in [2.75, 3.05) is 0 Å². The van der Waals surface area contributed by atoms with Gasteiger partial charge in [-0.3, -0.25) is 4.79 Å². The lowest BCUT2D eigenvalue weighted by molar-refractivity contribution is -0.184. The number of rotatable bonds is 6. The normalized spacial score (nSPS) is 21.8. The number of carbonyl (C=O) groups excluding carboxylic acids is 1. The van der Waals surface area contributed by atoms with Crippen molar-refractivity contribution >= 4 is 5.97 Å². The van der Waals surface area contributed by atoms with Crippen molar-refractivity contribution in [1.82, 2.24) is 0 Å². The second kappa shape index (κ2) is 6.95. The van der Waals surface area contributed by atoms with Crippen LogP contribution in [0.1, 0.15) is 86.5 Å². The molecule has 1 unspecified atom stereocenters. The molecule has 1 fully saturated rings. The third-order valence-corrected chi connectivity index (χ3v) is 5.56. The lowest BCUT2D eigenvalue weighted by Crippen LogP contribution is -2.47. The van der Waals surface area contributed by atoms with Crippen LogP contribution in [-0.4, -0.2) is 11.6 Å². The first-order chi connectivity index (χ1) is 9.28. The molecule has 0 bridgehead atoms. The van der Waals surface area contributed by atoms with Gasteiger partial charge in [-0.25, -0.2) is 0 Å². The van der Waals surface area contributed by atoms with E-state index in [4.69, 9.17) is 4.74 Å². The number of carbonyl (C=O) groups is 1. The molecule has 0 heterocycles. The summed E-state index contributed by atoms with van der Waals surface area (Å²) in [5.41, 5.74) is -0.548. The molecule has 0 N–H and O–H groups in total. The summed E-state index contributed by atoms with van der Waals surface area (Å²) >= 11 is 0. The molecule has 20 heavy (non-hydrogen) atoms.